The zero-order valence-electron chi connectivity index (χ0n) is 5.23. The third-order valence-corrected chi connectivity index (χ3v) is 1.39. The average molecular weight is 213 g/mol. The van der Waals surface area contributed by atoms with E-state index in [0.717, 1.165) is 0 Å². The topological polar surface area (TPSA) is 41.5 Å². The Kier molecular flexibility index (Phi) is 4.17. The Hall–Kier alpha value is -0.120. The van der Waals surface area contributed by atoms with Gasteiger partial charge in [0.1, 0.15) is 12.0 Å². The van der Waals surface area contributed by atoms with Crippen molar-refractivity contribution in [3.8, 4) is 0 Å². The van der Waals surface area contributed by atoms with Gasteiger partial charge in [-0.15, -0.1) is 0 Å². The van der Waals surface area contributed by atoms with Gasteiger partial charge in [0, 0.05) is 0 Å². The average Bonchev–Trinajstić information content (AvgIpc) is 2.00. The van der Waals surface area contributed by atoms with Crippen LogP contribution in [-0.4, -0.2) is 17.9 Å². The van der Waals surface area contributed by atoms with E-state index < -0.39 is 29.9 Å². The van der Waals surface area contributed by atoms with E-state index >= 15 is 0 Å². The molecule has 0 aromatic carbocycles. The Morgan fingerprint density at radius 1 is 1.25 bits per heavy atom. The number of alkyl halides is 5. The van der Waals surface area contributed by atoms with Crippen LogP contribution in [0.25, 0.3) is 0 Å². The highest BCUT2D eigenvalue weighted by molar-refractivity contribution is 7.95. The molecule has 0 bridgehead atoms. The first-order valence-corrected chi connectivity index (χ1v) is 3.07. The Labute approximate surface area is 67.5 Å². The van der Waals surface area contributed by atoms with E-state index in [-0.39, 0.29) is 0 Å². The van der Waals surface area contributed by atoms with Gasteiger partial charge < -0.3 is 5.26 Å². The second-order valence-corrected chi connectivity index (χ2v) is 2.39. The van der Waals surface area contributed by atoms with Crippen molar-refractivity contribution in [1.82, 2.24) is 0 Å². The molecule has 74 valence electrons. The molecular formula is C3H2F5O3S-. The first-order chi connectivity index (χ1) is 5.37. The van der Waals surface area contributed by atoms with Crippen molar-refractivity contribution in [3.05, 3.63) is 0 Å². The van der Waals surface area contributed by atoms with Gasteiger partial charge in [0.15, 0.2) is 6.67 Å². The minimum atomic E-state index is -4.89. The van der Waals surface area contributed by atoms with Gasteiger partial charge in [0.2, 0.25) is 0 Å². The molecule has 0 aliphatic heterocycles. The van der Waals surface area contributed by atoms with E-state index in [9.17, 15) is 22.0 Å². The molecule has 0 fully saturated rings. The number of hydrogen-bond donors (Lipinski definition) is 0. The summed E-state index contributed by atoms with van der Waals surface area (Å²) < 4.78 is 62.0. The maximum absolute atomic E-state index is 12.0. The zero-order valence-corrected chi connectivity index (χ0v) is 6.05. The standard InChI is InChI=1S/C3H3F5O3S/c4-1-2(5,6)3(7,8)12-11-10-9/h9H,1H2/p-1. The molecule has 0 saturated carbocycles. The first kappa shape index (κ1) is 11.9. The molecule has 0 saturated heterocycles. The van der Waals surface area contributed by atoms with Crippen LogP contribution in [-0.2, 0) is 9.37 Å². The van der Waals surface area contributed by atoms with Crippen molar-refractivity contribution < 1.29 is 36.6 Å². The fraction of sp³-hybridized carbons (Fsp3) is 1.00. The van der Waals surface area contributed by atoms with E-state index in [1.807, 2.05) is 0 Å². The van der Waals surface area contributed by atoms with Crippen LogP contribution < -0.4 is 5.26 Å². The van der Waals surface area contributed by atoms with Crippen molar-refractivity contribution >= 4 is 12.0 Å². The predicted octanol–water partition coefficient (Wildman–Crippen LogP) is 1.06. The molecule has 12 heavy (non-hydrogen) atoms. The van der Waals surface area contributed by atoms with Gasteiger partial charge in [-0.1, -0.05) is 0 Å². The molecule has 0 amide bonds. The lowest BCUT2D eigenvalue weighted by molar-refractivity contribution is -0.777. The van der Waals surface area contributed by atoms with Crippen LogP contribution in [0.3, 0.4) is 0 Å². The Balaban J connectivity index is 4.17. The molecule has 0 spiro atoms. The summed E-state index contributed by atoms with van der Waals surface area (Å²) >= 11 is -1.25. The molecule has 0 aromatic rings. The molecule has 0 radical (unpaired) electrons. The van der Waals surface area contributed by atoms with Crippen molar-refractivity contribution in [2.75, 3.05) is 6.67 Å². The summed E-state index contributed by atoms with van der Waals surface area (Å²) in [4.78, 5) is 0. The number of rotatable bonds is 5. The molecule has 0 aliphatic rings. The van der Waals surface area contributed by atoms with Crippen LogP contribution in [0.4, 0.5) is 22.0 Å². The van der Waals surface area contributed by atoms with E-state index in [0.29, 0.717) is 0 Å². The Morgan fingerprint density at radius 2 is 1.75 bits per heavy atom. The van der Waals surface area contributed by atoms with Gasteiger partial charge in [-0.2, -0.15) is 21.9 Å². The molecule has 3 nitrogen and oxygen atoms in total. The normalized spacial score (nSPS) is 13.5. The fourth-order valence-corrected chi connectivity index (χ4v) is 0.485. The molecule has 0 N–H and O–H groups in total. The predicted molar refractivity (Wildman–Crippen MR) is 25.6 cm³/mol. The lowest BCUT2D eigenvalue weighted by Crippen LogP contribution is -2.39. The van der Waals surface area contributed by atoms with Gasteiger partial charge in [0.25, 0.3) is 0 Å². The summed E-state index contributed by atoms with van der Waals surface area (Å²) in [6, 6.07) is 0. The molecule has 0 heterocycles. The maximum Gasteiger partial charge on any atom is 0.385 e. The molecule has 0 unspecified atom stereocenters. The monoisotopic (exact) mass is 213 g/mol. The van der Waals surface area contributed by atoms with Crippen LogP contribution in [0.15, 0.2) is 0 Å². The molecule has 0 atom stereocenters. The van der Waals surface area contributed by atoms with Crippen LogP contribution in [0.5, 0.6) is 0 Å². The van der Waals surface area contributed by atoms with E-state index in [1.54, 1.807) is 0 Å². The van der Waals surface area contributed by atoms with E-state index in [1.165, 1.54) is 0 Å². The van der Waals surface area contributed by atoms with Crippen molar-refractivity contribution in [2.24, 2.45) is 0 Å². The smallest absolute Gasteiger partial charge is 0.385 e. The highest BCUT2D eigenvalue weighted by Gasteiger charge is 2.58. The van der Waals surface area contributed by atoms with Gasteiger partial charge in [-0.05, 0) is 0 Å². The zero-order chi connectivity index (χ0) is 9.83. The third kappa shape index (κ3) is 2.73. The van der Waals surface area contributed by atoms with Crippen LogP contribution in [0, 0.1) is 0 Å². The lowest BCUT2D eigenvalue weighted by Gasteiger charge is -2.21. The summed E-state index contributed by atoms with van der Waals surface area (Å²) in [6.07, 6.45) is 0. The minimum Gasteiger partial charge on any atom is -0.691 e. The highest BCUT2D eigenvalue weighted by atomic mass is 32.2. The van der Waals surface area contributed by atoms with Gasteiger partial charge >= 0.3 is 11.2 Å². The Morgan fingerprint density at radius 3 is 2.08 bits per heavy atom. The van der Waals surface area contributed by atoms with Crippen LogP contribution in [0.1, 0.15) is 0 Å². The van der Waals surface area contributed by atoms with Gasteiger partial charge in [-0.3, -0.25) is 5.04 Å². The SMILES string of the molecule is [O-]OOSC(F)(F)C(F)(F)CF. The first-order valence-electron chi connectivity index (χ1n) is 2.33. The number of halogens is 5. The minimum absolute atomic E-state index is 1.25. The van der Waals surface area contributed by atoms with E-state index in [4.69, 9.17) is 5.26 Å². The summed E-state index contributed by atoms with van der Waals surface area (Å²) in [6.45, 7) is -2.56. The molecule has 0 aromatic heterocycles. The third-order valence-electron chi connectivity index (χ3n) is 0.760. The van der Waals surface area contributed by atoms with Crippen molar-refractivity contribution in [2.45, 2.75) is 11.2 Å². The summed E-state index contributed by atoms with van der Waals surface area (Å²) in [5.41, 5.74) is 0. The largest absolute Gasteiger partial charge is 0.691 e. The lowest BCUT2D eigenvalue weighted by atomic mass is 10.4. The van der Waals surface area contributed by atoms with Crippen molar-refractivity contribution in [1.29, 1.82) is 0 Å². The fourth-order valence-electron chi connectivity index (χ4n) is 0.195. The second-order valence-electron chi connectivity index (χ2n) is 1.57. The van der Waals surface area contributed by atoms with Gasteiger partial charge in [-0.25, -0.2) is 4.39 Å². The Bertz CT molecular complexity index is 142. The maximum atomic E-state index is 12.0. The molecular weight excluding hydrogens is 211 g/mol. The van der Waals surface area contributed by atoms with Crippen LogP contribution >= 0.6 is 12.0 Å². The second kappa shape index (κ2) is 4.21. The summed E-state index contributed by atoms with van der Waals surface area (Å²) in [7, 11) is 0. The number of hydrogen-bond acceptors (Lipinski definition) is 4. The van der Waals surface area contributed by atoms with Crippen LogP contribution in [0.2, 0.25) is 0 Å². The quantitative estimate of drug-likeness (QED) is 0.296. The molecule has 9 heteroatoms. The van der Waals surface area contributed by atoms with E-state index in [2.05, 4.69) is 9.37 Å². The molecule has 0 rings (SSSR count). The summed E-state index contributed by atoms with van der Waals surface area (Å²) in [5.74, 6) is -4.89. The summed E-state index contributed by atoms with van der Waals surface area (Å²) in [5, 5.41) is 6.53. The highest BCUT2D eigenvalue weighted by Crippen LogP contribution is 2.43. The van der Waals surface area contributed by atoms with Gasteiger partial charge in [0.05, 0.1) is 0 Å². The van der Waals surface area contributed by atoms with Crippen molar-refractivity contribution in [3.63, 3.8) is 0 Å². The molecule has 0 aliphatic carbocycles.